The monoisotopic (exact) mass is 736 g/mol. The van der Waals surface area contributed by atoms with Crippen LogP contribution in [0.3, 0.4) is 0 Å². The number of nitrogens with zero attached hydrogens (tertiary/aromatic N) is 2. The standard InChI is InChI=1S/C36H53ClN4O10/c1-20-10-9-11-28(48-8)36(46)18-27(50-34(45)39-36)21(2)32-35(4,51-32)24(19-49-33(44)22(3)40(5)29(42)12-13-38)17-30(43)41(6)25-15-23(14-20)16-26(47-7)31(25)37/h9-11,15-16,21-22,24,27-28,32,34,39,45-46H,12-14,17-19,38H2,1-8H3/b11-9+,20-10+/t21-,22+,24?,27+,28-,32+,34?,35+,36+/m1/s1. The molecule has 2 amide bonds. The van der Waals surface area contributed by atoms with Crippen LogP contribution in [-0.2, 0) is 39.8 Å². The Hall–Kier alpha value is -3.08. The minimum atomic E-state index is -1.70. The van der Waals surface area contributed by atoms with E-state index >= 15 is 0 Å². The molecule has 4 bridgehead atoms. The van der Waals surface area contributed by atoms with Gasteiger partial charge in [0.05, 0.1) is 37.2 Å². The molecule has 4 rings (SSSR count). The number of aliphatic hydroxyl groups excluding tert-OH is 1. The molecule has 0 aliphatic carbocycles. The fraction of sp³-hybridized carbons (Fsp3) is 0.639. The maximum atomic E-state index is 14.1. The Morgan fingerprint density at radius 3 is 2.65 bits per heavy atom. The van der Waals surface area contributed by atoms with E-state index in [2.05, 4.69) is 5.32 Å². The highest BCUT2D eigenvalue weighted by molar-refractivity contribution is 6.35. The fourth-order valence-corrected chi connectivity index (χ4v) is 7.19. The fourth-order valence-electron chi connectivity index (χ4n) is 6.88. The number of carbonyl (C=O) groups excluding carboxylic acids is 3. The van der Waals surface area contributed by atoms with Crippen LogP contribution in [0.2, 0.25) is 5.02 Å². The van der Waals surface area contributed by atoms with Crippen molar-refractivity contribution in [3.8, 4) is 5.75 Å². The molecule has 9 atom stereocenters. The number of hydrogen-bond acceptors (Lipinski definition) is 12. The number of hydrogen-bond donors (Lipinski definition) is 4. The summed E-state index contributed by atoms with van der Waals surface area (Å²) in [4.78, 5) is 42.4. The van der Waals surface area contributed by atoms with E-state index in [4.69, 9.17) is 41.0 Å². The molecule has 2 unspecified atom stereocenters. The molecule has 284 valence electrons. The minimum absolute atomic E-state index is 0.0405. The van der Waals surface area contributed by atoms with Crippen molar-refractivity contribution < 1.29 is 48.3 Å². The Labute approximate surface area is 304 Å². The van der Waals surface area contributed by atoms with E-state index in [9.17, 15) is 24.6 Å². The van der Waals surface area contributed by atoms with Crippen molar-refractivity contribution in [2.45, 2.75) is 95.5 Å². The molecule has 0 radical (unpaired) electrons. The maximum absolute atomic E-state index is 14.1. The van der Waals surface area contributed by atoms with Gasteiger partial charge in [-0.15, -0.1) is 0 Å². The number of fused-ring (bicyclic) bond motifs is 5. The van der Waals surface area contributed by atoms with Gasteiger partial charge in [-0.2, -0.15) is 0 Å². The number of ether oxygens (including phenoxy) is 5. The van der Waals surface area contributed by atoms with Gasteiger partial charge in [0, 0.05) is 58.8 Å². The summed E-state index contributed by atoms with van der Waals surface area (Å²) < 4.78 is 29.2. The molecule has 2 saturated heterocycles. The SMILES string of the molecule is COc1cc2cc(c1Cl)N(C)C(=O)CC(COC(=O)[C@H](C)N(C)C(=O)CCN)[C@]1(C)O[C@H]1[C@H](C)[C@@H]1C[C@@](O)(NC(O)O1)[C@H](OC)/C=C/C=C(\C)C2. The third-order valence-electron chi connectivity index (χ3n) is 10.4. The number of halogens is 1. The average molecular weight is 737 g/mol. The lowest BCUT2D eigenvalue weighted by Crippen LogP contribution is -2.65. The number of amides is 2. The molecule has 0 spiro atoms. The number of aliphatic hydroxyl groups is 2. The summed E-state index contributed by atoms with van der Waals surface area (Å²) in [6.07, 6.45) is 2.31. The summed E-state index contributed by atoms with van der Waals surface area (Å²) >= 11 is 6.76. The second-order valence-corrected chi connectivity index (χ2v) is 14.3. The zero-order chi connectivity index (χ0) is 37.8. The highest BCUT2D eigenvalue weighted by Gasteiger charge is 2.62. The van der Waals surface area contributed by atoms with Crippen LogP contribution in [-0.4, -0.2) is 116 Å². The predicted molar refractivity (Wildman–Crippen MR) is 190 cm³/mol. The third-order valence-corrected chi connectivity index (χ3v) is 10.8. The number of allylic oxidation sites excluding steroid dienone is 3. The molecule has 0 aromatic heterocycles. The van der Waals surface area contributed by atoms with E-state index in [1.54, 1.807) is 26.1 Å². The molecule has 5 N–H and O–H groups in total. The predicted octanol–water partition coefficient (Wildman–Crippen LogP) is 2.27. The third kappa shape index (κ3) is 9.11. The number of carbonyl (C=O) groups is 3. The number of nitrogens with two attached hydrogens (primary N) is 1. The average Bonchev–Trinajstić information content (AvgIpc) is 3.78. The lowest BCUT2D eigenvalue weighted by atomic mass is 9.80. The van der Waals surface area contributed by atoms with Gasteiger partial charge in [-0.3, -0.25) is 9.59 Å². The summed E-state index contributed by atoms with van der Waals surface area (Å²) in [6, 6.07) is 2.74. The van der Waals surface area contributed by atoms with Crippen molar-refractivity contribution in [2.75, 3.05) is 46.4 Å². The van der Waals surface area contributed by atoms with Gasteiger partial charge in [-0.05, 0) is 44.9 Å². The van der Waals surface area contributed by atoms with Crippen LogP contribution in [0.5, 0.6) is 5.75 Å². The van der Waals surface area contributed by atoms with Gasteiger partial charge in [0.1, 0.15) is 22.9 Å². The molecule has 2 fully saturated rings. The maximum Gasteiger partial charge on any atom is 0.328 e. The lowest BCUT2D eigenvalue weighted by Gasteiger charge is -2.44. The molecule has 1 aromatic rings. The van der Waals surface area contributed by atoms with Gasteiger partial charge in [0.15, 0.2) is 5.72 Å². The Kier molecular flexibility index (Phi) is 13.3. The number of likely N-dealkylation sites (N-methyl/N-ethyl adjacent to an activating group) is 1. The van der Waals surface area contributed by atoms with Crippen LogP contribution in [0.1, 0.15) is 52.5 Å². The van der Waals surface area contributed by atoms with Gasteiger partial charge in [0.2, 0.25) is 18.2 Å². The number of methoxy groups -OCH3 is 2. The molecule has 3 aliphatic heterocycles. The molecular weight excluding hydrogens is 684 g/mol. The topological polar surface area (TPSA) is 186 Å². The van der Waals surface area contributed by atoms with Crippen LogP contribution in [0.25, 0.3) is 0 Å². The zero-order valence-corrected chi connectivity index (χ0v) is 31.4. The first-order valence-electron chi connectivity index (χ1n) is 17.1. The van der Waals surface area contributed by atoms with Crippen molar-refractivity contribution in [3.63, 3.8) is 0 Å². The van der Waals surface area contributed by atoms with Crippen LogP contribution in [0.15, 0.2) is 35.9 Å². The number of rotatable bonds is 8. The molecule has 15 heteroatoms. The first-order valence-corrected chi connectivity index (χ1v) is 17.5. The van der Waals surface area contributed by atoms with E-state index in [-0.39, 0.29) is 49.3 Å². The molecule has 14 nitrogen and oxygen atoms in total. The van der Waals surface area contributed by atoms with E-state index in [0.717, 1.165) is 11.1 Å². The largest absolute Gasteiger partial charge is 0.495 e. The number of benzene rings is 1. The Bertz CT molecular complexity index is 1510. The summed E-state index contributed by atoms with van der Waals surface area (Å²) in [5.74, 6) is -1.92. The number of epoxide rings is 1. The second-order valence-electron chi connectivity index (χ2n) is 13.9. The molecule has 0 saturated carbocycles. The second kappa shape index (κ2) is 16.7. The van der Waals surface area contributed by atoms with E-state index in [1.807, 2.05) is 39.0 Å². The van der Waals surface area contributed by atoms with Crippen LogP contribution < -0.4 is 20.7 Å². The highest BCUT2D eigenvalue weighted by atomic mass is 35.5. The van der Waals surface area contributed by atoms with Gasteiger partial charge in [-0.25, -0.2) is 10.1 Å². The van der Waals surface area contributed by atoms with Gasteiger partial charge < -0.3 is 49.4 Å². The van der Waals surface area contributed by atoms with Gasteiger partial charge >= 0.3 is 5.97 Å². The van der Waals surface area contributed by atoms with Crippen molar-refractivity contribution in [1.82, 2.24) is 10.2 Å². The van der Waals surface area contributed by atoms with Crippen LogP contribution >= 0.6 is 11.6 Å². The van der Waals surface area contributed by atoms with Crippen molar-refractivity contribution in [3.05, 3.63) is 46.5 Å². The molecule has 3 aliphatic rings. The summed E-state index contributed by atoms with van der Waals surface area (Å²) in [6.45, 7) is 7.16. The van der Waals surface area contributed by atoms with E-state index in [0.29, 0.717) is 17.9 Å². The van der Waals surface area contributed by atoms with Crippen LogP contribution in [0.4, 0.5) is 5.69 Å². The summed E-state index contributed by atoms with van der Waals surface area (Å²) in [5.41, 5.74) is 5.08. The zero-order valence-electron chi connectivity index (χ0n) is 30.7. The van der Waals surface area contributed by atoms with Crippen molar-refractivity contribution >= 4 is 35.1 Å². The van der Waals surface area contributed by atoms with Crippen molar-refractivity contribution in [2.24, 2.45) is 17.6 Å². The first-order chi connectivity index (χ1) is 24.0. The van der Waals surface area contributed by atoms with Crippen LogP contribution in [0, 0.1) is 11.8 Å². The smallest absolute Gasteiger partial charge is 0.328 e. The Morgan fingerprint density at radius 1 is 1.29 bits per heavy atom. The van der Waals surface area contributed by atoms with Gasteiger partial charge in [-0.1, -0.05) is 42.3 Å². The molecular formula is C36H53ClN4O10. The number of nitrogens with one attached hydrogen (secondary N) is 1. The van der Waals surface area contributed by atoms with E-state index in [1.165, 1.54) is 31.1 Å². The molecule has 1 aromatic carbocycles. The number of esters is 1. The lowest BCUT2D eigenvalue weighted by molar-refractivity contribution is -0.271. The Morgan fingerprint density at radius 2 is 2.00 bits per heavy atom. The van der Waals surface area contributed by atoms with Gasteiger partial charge in [0.25, 0.3) is 0 Å². The highest BCUT2D eigenvalue weighted by Crippen LogP contribution is 2.51. The first kappa shape index (κ1) is 40.7. The van der Waals surface area contributed by atoms with Crippen molar-refractivity contribution in [1.29, 1.82) is 0 Å². The summed E-state index contributed by atoms with van der Waals surface area (Å²) in [7, 11) is 6.10. The Balaban J connectivity index is 1.73. The minimum Gasteiger partial charge on any atom is -0.495 e. The molecule has 51 heavy (non-hydrogen) atoms. The summed E-state index contributed by atoms with van der Waals surface area (Å²) in [5, 5.41) is 25.4. The normalized spacial score (nSPS) is 33.7. The number of anilines is 1. The van der Waals surface area contributed by atoms with E-state index < -0.39 is 59.9 Å². The quantitative estimate of drug-likeness (QED) is 0.226. The molecule has 3 heterocycles.